The molecule has 1 aromatic carbocycles. The summed E-state index contributed by atoms with van der Waals surface area (Å²) >= 11 is 0. The number of hydrogen-bond donors (Lipinski definition) is 2. The van der Waals surface area contributed by atoms with Crippen molar-refractivity contribution in [2.75, 3.05) is 5.32 Å². The van der Waals surface area contributed by atoms with Crippen molar-refractivity contribution < 1.29 is 14.3 Å². The number of amides is 1. The van der Waals surface area contributed by atoms with Crippen LogP contribution in [0.5, 0.6) is 5.75 Å². The number of halogens is 1. The number of para-hydroxylation sites is 1. The van der Waals surface area contributed by atoms with Crippen LogP contribution in [-0.2, 0) is 0 Å². The molecule has 0 saturated carbocycles. The average Bonchev–Trinajstić information content (AvgIpc) is 3.00. The zero-order valence-electron chi connectivity index (χ0n) is 11.3. The number of nitrogens with zero attached hydrogens (tertiary/aromatic N) is 3. The summed E-state index contributed by atoms with van der Waals surface area (Å²) in [5, 5.41) is 16.0. The van der Waals surface area contributed by atoms with Crippen LogP contribution in [0.4, 0.5) is 10.2 Å². The minimum Gasteiger partial charge on any atom is -0.504 e. The molecule has 0 aliphatic rings. The zero-order valence-corrected chi connectivity index (χ0v) is 11.3. The summed E-state index contributed by atoms with van der Waals surface area (Å²) in [5.41, 5.74) is 0.454. The molecule has 2 N–H and O–H groups in total. The van der Waals surface area contributed by atoms with E-state index in [4.69, 9.17) is 0 Å². The molecule has 22 heavy (non-hydrogen) atoms. The first kappa shape index (κ1) is 13.7. The van der Waals surface area contributed by atoms with E-state index in [-0.39, 0.29) is 22.8 Å². The summed E-state index contributed by atoms with van der Waals surface area (Å²) in [6, 6.07) is 9.05. The maximum absolute atomic E-state index is 13.7. The average molecular weight is 298 g/mol. The molecule has 0 bridgehead atoms. The van der Waals surface area contributed by atoms with Crippen molar-refractivity contribution in [3.05, 3.63) is 66.4 Å². The molecule has 3 rings (SSSR count). The van der Waals surface area contributed by atoms with Gasteiger partial charge in [-0.15, -0.1) is 0 Å². The van der Waals surface area contributed by atoms with Crippen molar-refractivity contribution in [3.8, 4) is 11.4 Å². The van der Waals surface area contributed by atoms with Gasteiger partial charge in [0.05, 0.1) is 11.8 Å². The highest BCUT2D eigenvalue weighted by Gasteiger charge is 2.13. The van der Waals surface area contributed by atoms with Crippen molar-refractivity contribution in [3.63, 3.8) is 0 Å². The van der Waals surface area contributed by atoms with Crippen LogP contribution in [0.25, 0.3) is 5.69 Å². The normalized spacial score (nSPS) is 10.4. The van der Waals surface area contributed by atoms with Gasteiger partial charge >= 0.3 is 0 Å². The number of nitrogens with one attached hydrogen (secondary N) is 1. The van der Waals surface area contributed by atoms with Gasteiger partial charge in [-0.1, -0.05) is 12.1 Å². The number of benzene rings is 1. The monoisotopic (exact) mass is 298 g/mol. The number of carbonyl (C=O) groups excluding carboxylic acids is 1. The van der Waals surface area contributed by atoms with Crippen LogP contribution < -0.4 is 5.32 Å². The fourth-order valence-electron chi connectivity index (χ4n) is 1.88. The van der Waals surface area contributed by atoms with Crippen molar-refractivity contribution in [1.82, 2.24) is 14.8 Å². The van der Waals surface area contributed by atoms with Gasteiger partial charge in [-0.3, -0.25) is 4.79 Å². The van der Waals surface area contributed by atoms with Crippen LogP contribution in [0.1, 0.15) is 10.4 Å². The van der Waals surface area contributed by atoms with Gasteiger partial charge in [-0.2, -0.15) is 5.10 Å². The first-order valence-corrected chi connectivity index (χ1v) is 6.40. The maximum Gasteiger partial charge on any atom is 0.260 e. The molecule has 2 aromatic heterocycles. The SMILES string of the molecule is O=C(Nc1ncccc1O)c1cnn(-c2ccccc2F)c1. The highest BCUT2D eigenvalue weighted by Crippen LogP contribution is 2.19. The Hall–Kier alpha value is -3.22. The molecular weight excluding hydrogens is 287 g/mol. The molecule has 2 heterocycles. The summed E-state index contributed by atoms with van der Waals surface area (Å²) in [6.07, 6.45) is 4.15. The Kier molecular flexibility index (Phi) is 3.53. The number of pyridine rings is 1. The van der Waals surface area contributed by atoms with Gasteiger partial charge in [0.25, 0.3) is 5.91 Å². The summed E-state index contributed by atoms with van der Waals surface area (Å²) in [7, 11) is 0. The van der Waals surface area contributed by atoms with E-state index in [1.54, 1.807) is 24.3 Å². The van der Waals surface area contributed by atoms with Crippen molar-refractivity contribution in [2.45, 2.75) is 0 Å². The molecule has 0 aliphatic carbocycles. The predicted molar refractivity (Wildman–Crippen MR) is 77.4 cm³/mol. The van der Waals surface area contributed by atoms with Crippen LogP contribution in [0.15, 0.2) is 55.0 Å². The van der Waals surface area contributed by atoms with Gasteiger partial charge in [-0.05, 0) is 24.3 Å². The third-order valence-corrected chi connectivity index (χ3v) is 2.96. The first-order chi connectivity index (χ1) is 10.6. The van der Waals surface area contributed by atoms with Crippen LogP contribution in [0.3, 0.4) is 0 Å². The molecule has 7 heteroatoms. The Morgan fingerprint density at radius 3 is 2.82 bits per heavy atom. The van der Waals surface area contributed by atoms with Gasteiger partial charge < -0.3 is 10.4 Å². The van der Waals surface area contributed by atoms with Crippen LogP contribution in [0.2, 0.25) is 0 Å². The highest BCUT2D eigenvalue weighted by molar-refractivity contribution is 6.04. The molecule has 0 atom stereocenters. The van der Waals surface area contributed by atoms with E-state index in [9.17, 15) is 14.3 Å². The van der Waals surface area contributed by atoms with E-state index in [1.807, 2.05) is 0 Å². The topological polar surface area (TPSA) is 80.0 Å². The number of carbonyl (C=O) groups is 1. The Labute approximate surface area is 124 Å². The minimum atomic E-state index is -0.503. The second-order valence-corrected chi connectivity index (χ2v) is 4.45. The van der Waals surface area contributed by atoms with Crippen LogP contribution in [0, 0.1) is 5.82 Å². The van der Waals surface area contributed by atoms with E-state index in [2.05, 4.69) is 15.4 Å². The third-order valence-electron chi connectivity index (χ3n) is 2.96. The molecule has 0 unspecified atom stereocenters. The van der Waals surface area contributed by atoms with Gasteiger partial charge in [0.1, 0.15) is 11.5 Å². The smallest absolute Gasteiger partial charge is 0.260 e. The second-order valence-electron chi connectivity index (χ2n) is 4.45. The third kappa shape index (κ3) is 2.64. The first-order valence-electron chi connectivity index (χ1n) is 6.40. The second kappa shape index (κ2) is 5.65. The molecule has 0 saturated heterocycles. The van der Waals surface area contributed by atoms with Crippen LogP contribution in [-0.4, -0.2) is 25.8 Å². The Morgan fingerprint density at radius 2 is 2.05 bits per heavy atom. The summed E-state index contributed by atoms with van der Waals surface area (Å²) in [4.78, 5) is 15.9. The summed E-state index contributed by atoms with van der Waals surface area (Å²) in [5.74, 6) is -1.04. The molecule has 0 fully saturated rings. The number of aromatic nitrogens is 3. The fraction of sp³-hybridized carbons (Fsp3) is 0. The van der Waals surface area contributed by atoms with Gasteiger partial charge in [0, 0.05) is 12.4 Å². The zero-order chi connectivity index (χ0) is 15.5. The number of rotatable bonds is 3. The van der Waals surface area contributed by atoms with E-state index in [0.717, 1.165) is 0 Å². The lowest BCUT2D eigenvalue weighted by Gasteiger charge is -2.04. The van der Waals surface area contributed by atoms with Crippen molar-refractivity contribution in [2.24, 2.45) is 0 Å². The van der Waals surface area contributed by atoms with E-state index < -0.39 is 11.7 Å². The Balaban J connectivity index is 1.84. The van der Waals surface area contributed by atoms with Crippen molar-refractivity contribution in [1.29, 1.82) is 0 Å². The van der Waals surface area contributed by atoms with Crippen molar-refractivity contribution >= 4 is 11.7 Å². The summed E-state index contributed by atoms with van der Waals surface area (Å²) < 4.78 is 14.9. The number of aromatic hydroxyl groups is 1. The molecule has 1 amide bonds. The predicted octanol–water partition coefficient (Wildman–Crippen LogP) is 2.36. The molecule has 0 spiro atoms. The number of anilines is 1. The van der Waals surface area contributed by atoms with Gasteiger partial charge in [0.2, 0.25) is 0 Å². The lowest BCUT2D eigenvalue weighted by atomic mass is 10.3. The lowest BCUT2D eigenvalue weighted by Crippen LogP contribution is -2.12. The van der Waals surface area contributed by atoms with Crippen LogP contribution >= 0.6 is 0 Å². The largest absolute Gasteiger partial charge is 0.504 e. The fourth-order valence-corrected chi connectivity index (χ4v) is 1.88. The Morgan fingerprint density at radius 1 is 1.23 bits per heavy atom. The lowest BCUT2D eigenvalue weighted by molar-refractivity contribution is 0.102. The highest BCUT2D eigenvalue weighted by atomic mass is 19.1. The molecule has 0 aliphatic heterocycles. The number of hydrogen-bond acceptors (Lipinski definition) is 4. The van der Waals surface area contributed by atoms with E-state index in [0.29, 0.717) is 0 Å². The minimum absolute atomic E-state index is 0.0474. The summed E-state index contributed by atoms with van der Waals surface area (Å²) in [6.45, 7) is 0. The van der Waals surface area contributed by atoms with E-state index in [1.165, 1.54) is 35.4 Å². The Bertz CT molecular complexity index is 832. The standard InChI is InChI=1S/C15H11FN4O2/c16-11-4-1-2-5-12(11)20-9-10(8-18-20)15(22)19-14-13(21)6-3-7-17-14/h1-9,21H,(H,17,19,22). The molecule has 0 radical (unpaired) electrons. The quantitative estimate of drug-likeness (QED) is 0.778. The maximum atomic E-state index is 13.7. The molecular formula is C15H11FN4O2. The molecule has 3 aromatic rings. The molecule has 110 valence electrons. The van der Waals surface area contributed by atoms with E-state index >= 15 is 0 Å². The van der Waals surface area contributed by atoms with Gasteiger partial charge in [-0.25, -0.2) is 14.1 Å². The molecule has 6 nitrogen and oxygen atoms in total. The van der Waals surface area contributed by atoms with Gasteiger partial charge in [0.15, 0.2) is 11.6 Å².